The summed E-state index contributed by atoms with van der Waals surface area (Å²) in [7, 11) is 0. The molecule has 1 atom stereocenters. The molecule has 1 N–H and O–H groups in total. The number of ketones is 1. The van der Waals surface area contributed by atoms with E-state index >= 15 is 0 Å². The van der Waals surface area contributed by atoms with E-state index in [9.17, 15) is 14.7 Å². The zero-order chi connectivity index (χ0) is 16.4. The Balaban J connectivity index is 2.50. The number of hydrogen-bond acceptors (Lipinski definition) is 4. The maximum Gasteiger partial charge on any atom is 0.290 e. The van der Waals surface area contributed by atoms with E-state index in [1.807, 2.05) is 30.3 Å². The Morgan fingerprint density at radius 2 is 1.95 bits per heavy atom. The first-order chi connectivity index (χ1) is 10.4. The van der Waals surface area contributed by atoms with Gasteiger partial charge in [0.05, 0.1) is 17.7 Å². The summed E-state index contributed by atoms with van der Waals surface area (Å²) in [5.41, 5.74) is 1.90. The zero-order valence-electron chi connectivity index (χ0n) is 12.8. The number of hydrogen-bond donors (Lipinski definition) is 1. The van der Waals surface area contributed by atoms with Gasteiger partial charge < -0.3 is 10.0 Å². The number of aliphatic hydroxyl groups is 1. The standard InChI is InChI=1S/C17H18N2O3/c1-10(2)12-4-6-13(7-5-12)15-14(11(3)20)16(21)17(22)19(15)9-8-18/h4-7,10,15,21H,9H2,1-3H3. The van der Waals surface area contributed by atoms with Gasteiger partial charge in [-0.1, -0.05) is 38.1 Å². The van der Waals surface area contributed by atoms with E-state index in [-0.39, 0.29) is 17.9 Å². The van der Waals surface area contributed by atoms with Crippen molar-refractivity contribution in [3.05, 3.63) is 46.7 Å². The topological polar surface area (TPSA) is 81.4 Å². The van der Waals surface area contributed by atoms with Crippen molar-refractivity contribution in [1.82, 2.24) is 4.90 Å². The van der Waals surface area contributed by atoms with Crippen molar-refractivity contribution in [2.24, 2.45) is 0 Å². The summed E-state index contributed by atoms with van der Waals surface area (Å²) < 4.78 is 0. The van der Waals surface area contributed by atoms with E-state index in [1.54, 1.807) is 0 Å². The summed E-state index contributed by atoms with van der Waals surface area (Å²) in [6.07, 6.45) is 0. The number of Topliss-reactive ketones (excluding diaryl/α,β-unsaturated/α-hetero) is 1. The lowest BCUT2D eigenvalue weighted by molar-refractivity contribution is -0.128. The van der Waals surface area contributed by atoms with Gasteiger partial charge in [0.1, 0.15) is 6.54 Å². The van der Waals surface area contributed by atoms with Crippen molar-refractivity contribution in [2.45, 2.75) is 32.7 Å². The molecule has 114 valence electrons. The van der Waals surface area contributed by atoms with Crippen LogP contribution in [-0.4, -0.2) is 28.2 Å². The fourth-order valence-corrected chi connectivity index (χ4v) is 2.66. The minimum absolute atomic E-state index is 0.0533. The summed E-state index contributed by atoms with van der Waals surface area (Å²) in [6, 6.07) is 8.73. The minimum atomic E-state index is -0.703. The molecule has 2 rings (SSSR count). The highest BCUT2D eigenvalue weighted by Gasteiger charge is 2.42. The van der Waals surface area contributed by atoms with Gasteiger partial charge in [-0.2, -0.15) is 5.26 Å². The summed E-state index contributed by atoms with van der Waals surface area (Å²) in [6.45, 7) is 5.27. The van der Waals surface area contributed by atoms with Crippen molar-refractivity contribution in [2.75, 3.05) is 6.54 Å². The van der Waals surface area contributed by atoms with Crippen LogP contribution in [0.4, 0.5) is 0 Å². The molecule has 1 heterocycles. The quantitative estimate of drug-likeness (QED) is 0.866. The summed E-state index contributed by atoms with van der Waals surface area (Å²) in [4.78, 5) is 25.1. The monoisotopic (exact) mass is 298 g/mol. The molecule has 0 saturated carbocycles. The van der Waals surface area contributed by atoms with E-state index in [1.165, 1.54) is 11.8 Å². The molecule has 1 amide bonds. The van der Waals surface area contributed by atoms with Crippen molar-refractivity contribution in [3.63, 3.8) is 0 Å². The second kappa shape index (κ2) is 6.02. The van der Waals surface area contributed by atoms with Crippen LogP contribution in [0.1, 0.15) is 43.9 Å². The number of benzene rings is 1. The molecule has 1 aromatic carbocycles. The third kappa shape index (κ3) is 2.60. The Labute approximate surface area is 129 Å². The molecule has 5 nitrogen and oxygen atoms in total. The fraction of sp³-hybridized carbons (Fsp3) is 0.353. The highest BCUT2D eigenvalue weighted by Crippen LogP contribution is 2.37. The van der Waals surface area contributed by atoms with Gasteiger partial charge in [-0.15, -0.1) is 0 Å². The Bertz CT molecular complexity index is 681. The van der Waals surface area contributed by atoms with Crippen molar-refractivity contribution >= 4 is 11.7 Å². The van der Waals surface area contributed by atoms with Crippen LogP contribution in [0.2, 0.25) is 0 Å². The van der Waals surface area contributed by atoms with Crippen LogP contribution in [0.15, 0.2) is 35.6 Å². The van der Waals surface area contributed by atoms with Crippen LogP contribution < -0.4 is 0 Å². The summed E-state index contributed by atoms with van der Waals surface area (Å²) in [5.74, 6) is -1.24. The number of carbonyl (C=O) groups excluding carboxylic acids is 2. The molecule has 1 aliphatic rings. The molecule has 0 spiro atoms. The molecule has 5 heteroatoms. The molecular formula is C17H18N2O3. The van der Waals surface area contributed by atoms with Gasteiger partial charge in [0.15, 0.2) is 11.5 Å². The molecule has 0 radical (unpaired) electrons. The molecule has 0 bridgehead atoms. The third-order valence-electron chi connectivity index (χ3n) is 3.84. The smallest absolute Gasteiger partial charge is 0.290 e. The van der Waals surface area contributed by atoms with Gasteiger partial charge in [0.25, 0.3) is 5.91 Å². The Morgan fingerprint density at radius 1 is 1.36 bits per heavy atom. The predicted octanol–water partition coefficient (Wildman–Crippen LogP) is 2.62. The SMILES string of the molecule is CC(=O)C1=C(O)C(=O)N(CC#N)C1c1ccc(C(C)C)cc1. The second-order valence-corrected chi connectivity index (χ2v) is 5.63. The van der Waals surface area contributed by atoms with E-state index in [4.69, 9.17) is 5.26 Å². The van der Waals surface area contributed by atoms with E-state index in [0.29, 0.717) is 11.5 Å². The molecule has 22 heavy (non-hydrogen) atoms. The Morgan fingerprint density at radius 3 is 2.41 bits per heavy atom. The number of nitriles is 1. The Kier molecular flexibility index (Phi) is 4.32. The first-order valence-corrected chi connectivity index (χ1v) is 7.10. The summed E-state index contributed by atoms with van der Waals surface area (Å²) >= 11 is 0. The lowest BCUT2D eigenvalue weighted by atomic mass is 9.94. The van der Waals surface area contributed by atoms with Gasteiger partial charge >= 0.3 is 0 Å². The van der Waals surface area contributed by atoms with Crippen LogP contribution in [-0.2, 0) is 9.59 Å². The minimum Gasteiger partial charge on any atom is -0.503 e. The first-order valence-electron chi connectivity index (χ1n) is 7.10. The molecule has 1 aliphatic heterocycles. The first kappa shape index (κ1) is 15.8. The van der Waals surface area contributed by atoms with Gasteiger partial charge in [-0.05, 0) is 24.0 Å². The molecule has 0 aliphatic carbocycles. The number of amides is 1. The average Bonchev–Trinajstić information content (AvgIpc) is 2.72. The van der Waals surface area contributed by atoms with Crippen LogP contribution in [0, 0.1) is 11.3 Å². The predicted molar refractivity (Wildman–Crippen MR) is 80.9 cm³/mol. The maximum absolute atomic E-state index is 12.1. The van der Waals surface area contributed by atoms with Crippen LogP contribution in [0.3, 0.4) is 0 Å². The largest absolute Gasteiger partial charge is 0.503 e. The van der Waals surface area contributed by atoms with E-state index in [0.717, 1.165) is 5.56 Å². The van der Waals surface area contributed by atoms with Gasteiger partial charge in [-0.25, -0.2) is 0 Å². The fourth-order valence-electron chi connectivity index (χ4n) is 2.66. The molecule has 0 aromatic heterocycles. The van der Waals surface area contributed by atoms with E-state index in [2.05, 4.69) is 13.8 Å². The van der Waals surface area contributed by atoms with Crippen molar-refractivity contribution < 1.29 is 14.7 Å². The van der Waals surface area contributed by atoms with Gasteiger partial charge in [0, 0.05) is 0 Å². The lowest BCUT2D eigenvalue weighted by Crippen LogP contribution is -2.31. The maximum atomic E-state index is 12.1. The number of nitrogens with zero attached hydrogens (tertiary/aromatic N) is 2. The number of carbonyl (C=O) groups is 2. The third-order valence-corrected chi connectivity index (χ3v) is 3.84. The van der Waals surface area contributed by atoms with Gasteiger partial charge in [-0.3, -0.25) is 9.59 Å². The molecular weight excluding hydrogens is 280 g/mol. The van der Waals surface area contributed by atoms with Crippen molar-refractivity contribution in [1.29, 1.82) is 5.26 Å². The lowest BCUT2D eigenvalue weighted by Gasteiger charge is -2.24. The summed E-state index contributed by atoms with van der Waals surface area (Å²) in [5, 5.41) is 18.9. The van der Waals surface area contributed by atoms with Crippen molar-refractivity contribution in [3.8, 4) is 6.07 Å². The number of aliphatic hydroxyl groups excluding tert-OH is 1. The Hall–Kier alpha value is -2.61. The highest BCUT2D eigenvalue weighted by molar-refractivity contribution is 6.08. The average molecular weight is 298 g/mol. The molecule has 0 fully saturated rings. The highest BCUT2D eigenvalue weighted by atomic mass is 16.3. The zero-order valence-corrected chi connectivity index (χ0v) is 12.8. The molecule has 1 unspecified atom stereocenters. The molecule has 0 saturated heterocycles. The van der Waals surface area contributed by atoms with Gasteiger partial charge in [0.2, 0.25) is 0 Å². The second-order valence-electron chi connectivity index (χ2n) is 5.63. The van der Waals surface area contributed by atoms with Crippen LogP contribution in [0.5, 0.6) is 0 Å². The van der Waals surface area contributed by atoms with E-state index < -0.39 is 17.7 Å². The normalized spacial score (nSPS) is 18.0. The van der Waals surface area contributed by atoms with Crippen LogP contribution in [0.25, 0.3) is 0 Å². The molecule has 1 aromatic rings. The van der Waals surface area contributed by atoms with Crippen LogP contribution >= 0.6 is 0 Å². The number of rotatable bonds is 4.